The predicted molar refractivity (Wildman–Crippen MR) is 101 cm³/mol. The summed E-state index contributed by atoms with van der Waals surface area (Å²) in [5, 5.41) is 15.0. The number of halogens is 1. The molecular formula is C19H21FN6O2. The van der Waals surface area contributed by atoms with E-state index in [0.29, 0.717) is 61.5 Å². The predicted octanol–water partition coefficient (Wildman–Crippen LogP) is 2.43. The van der Waals surface area contributed by atoms with E-state index in [9.17, 15) is 9.18 Å². The Morgan fingerprint density at radius 2 is 2.00 bits per heavy atom. The van der Waals surface area contributed by atoms with Crippen molar-refractivity contribution >= 4 is 11.9 Å². The first-order valence-electron chi connectivity index (χ1n) is 9.23. The van der Waals surface area contributed by atoms with Gasteiger partial charge in [-0.3, -0.25) is 9.89 Å². The maximum atomic E-state index is 13.5. The molecule has 1 aromatic carbocycles. The highest BCUT2D eigenvalue weighted by molar-refractivity contribution is 5.93. The highest BCUT2D eigenvalue weighted by Gasteiger charge is 2.26. The third kappa shape index (κ3) is 3.47. The number of amides is 1. The van der Waals surface area contributed by atoms with E-state index in [2.05, 4.69) is 20.4 Å². The average molecular weight is 384 g/mol. The Labute approximate surface area is 161 Å². The van der Waals surface area contributed by atoms with Crippen molar-refractivity contribution in [3.05, 3.63) is 47.2 Å². The van der Waals surface area contributed by atoms with E-state index in [1.54, 1.807) is 30.0 Å². The van der Waals surface area contributed by atoms with Crippen LogP contribution < -0.4 is 4.90 Å². The normalized spacial score (nSPS) is 14.5. The smallest absolute Gasteiger partial charge is 0.318 e. The maximum absolute atomic E-state index is 13.5. The van der Waals surface area contributed by atoms with Gasteiger partial charge in [-0.2, -0.15) is 5.10 Å². The minimum Gasteiger partial charge on any atom is -0.408 e. The topological polar surface area (TPSA) is 91.2 Å². The molecule has 1 aliphatic heterocycles. The van der Waals surface area contributed by atoms with Crippen molar-refractivity contribution in [1.82, 2.24) is 25.3 Å². The number of hydrogen-bond donors (Lipinski definition) is 1. The summed E-state index contributed by atoms with van der Waals surface area (Å²) in [6.07, 6.45) is 0.696. The van der Waals surface area contributed by atoms with Crippen molar-refractivity contribution in [2.45, 2.75) is 20.3 Å². The number of benzene rings is 1. The lowest BCUT2D eigenvalue weighted by Crippen LogP contribution is -2.49. The van der Waals surface area contributed by atoms with Gasteiger partial charge in [0.05, 0.1) is 5.69 Å². The summed E-state index contributed by atoms with van der Waals surface area (Å²) >= 11 is 0. The van der Waals surface area contributed by atoms with Gasteiger partial charge in [0, 0.05) is 38.2 Å². The molecule has 1 amide bonds. The van der Waals surface area contributed by atoms with Crippen molar-refractivity contribution < 1.29 is 13.6 Å². The molecule has 0 spiro atoms. The Bertz CT molecular complexity index is 990. The van der Waals surface area contributed by atoms with Crippen LogP contribution in [0.2, 0.25) is 0 Å². The van der Waals surface area contributed by atoms with Crippen LogP contribution in [0, 0.1) is 12.7 Å². The van der Waals surface area contributed by atoms with Gasteiger partial charge in [0.15, 0.2) is 0 Å². The second kappa shape index (κ2) is 7.41. The molecule has 9 heteroatoms. The van der Waals surface area contributed by atoms with Crippen LogP contribution in [0.4, 0.5) is 10.4 Å². The molecule has 8 nitrogen and oxygen atoms in total. The van der Waals surface area contributed by atoms with E-state index in [1.807, 2.05) is 11.8 Å². The number of hydrogen-bond acceptors (Lipinski definition) is 6. The van der Waals surface area contributed by atoms with Crippen molar-refractivity contribution in [2.75, 3.05) is 31.1 Å². The minimum absolute atomic E-state index is 0.114. The van der Waals surface area contributed by atoms with Gasteiger partial charge in [-0.15, -0.1) is 5.10 Å². The van der Waals surface area contributed by atoms with Crippen molar-refractivity contribution in [3.8, 4) is 11.3 Å². The van der Waals surface area contributed by atoms with Crippen LogP contribution in [-0.2, 0) is 6.42 Å². The van der Waals surface area contributed by atoms with Gasteiger partial charge in [-0.05, 0) is 36.8 Å². The first-order valence-corrected chi connectivity index (χ1v) is 9.23. The second-order valence-electron chi connectivity index (χ2n) is 6.74. The number of carbonyl (C=O) groups excluding carboxylic acids is 1. The quantitative estimate of drug-likeness (QED) is 0.743. The molecule has 1 saturated heterocycles. The highest BCUT2D eigenvalue weighted by atomic mass is 19.1. The Balaban J connectivity index is 1.41. The number of rotatable bonds is 4. The molecule has 0 unspecified atom stereocenters. The molecule has 28 heavy (non-hydrogen) atoms. The fourth-order valence-corrected chi connectivity index (χ4v) is 3.17. The van der Waals surface area contributed by atoms with Crippen LogP contribution in [0.3, 0.4) is 0 Å². The number of aryl methyl sites for hydroxylation is 2. The summed E-state index contributed by atoms with van der Waals surface area (Å²) in [7, 11) is 0. The number of piperazine rings is 1. The number of anilines is 1. The third-order valence-electron chi connectivity index (χ3n) is 4.86. The van der Waals surface area contributed by atoms with Crippen molar-refractivity contribution in [1.29, 1.82) is 0 Å². The van der Waals surface area contributed by atoms with E-state index in [1.165, 1.54) is 6.07 Å². The van der Waals surface area contributed by atoms with Gasteiger partial charge in [-0.1, -0.05) is 12.0 Å². The molecule has 3 heterocycles. The molecular weight excluding hydrogens is 363 g/mol. The van der Waals surface area contributed by atoms with Gasteiger partial charge in [0.1, 0.15) is 11.5 Å². The van der Waals surface area contributed by atoms with Crippen LogP contribution in [0.25, 0.3) is 11.3 Å². The van der Waals surface area contributed by atoms with E-state index in [4.69, 9.17) is 4.42 Å². The van der Waals surface area contributed by atoms with Gasteiger partial charge in [-0.25, -0.2) is 4.39 Å². The van der Waals surface area contributed by atoms with Crippen molar-refractivity contribution in [3.63, 3.8) is 0 Å². The standard InChI is InChI=1S/C19H21FN6O2/c1-3-17-23-24-19(28-17)26-8-6-25(7-9-26)18(27)16-11-15(21-22-16)13-4-5-14(20)12(2)10-13/h4-5,10-11H,3,6-9H2,1-2H3,(H,21,22). The molecule has 1 aliphatic rings. The fraction of sp³-hybridized carbons (Fsp3) is 0.368. The van der Waals surface area contributed by atoms with E-state index >= 15 is 0 Å². The summed E-state index contributed by atoms with van der Waals surface area (Å²) < 4.78 is 19.0. The van der Waals surface area contributed by atoms with Crippen LogP contribution >= 0.6 is 0 Å². The lowest BCUT2D eigenvalue weighted by atomic mass is 10.1. The Kier molecular flexibility index (Phi) is 4.81. The largest absolute Gasteiger partial charge is 0.408 e. The van der Waals surface area contributed by atoms with E-state index in [-0.39, 0.29) is 11.7 Å². The summed E-state index contributed by atoms with van der Waals surface area (Å²) in [6.45, 7) is 5.99. The molecule has 0 aliphatic carbocycles. The van der Waals surface area contributed by atoms with Crippen LogP contribution in [0.15, 0.2) is 28.7 Å². The number of aromatic nitrogens is 4. The lowest BCUT2D eigenvalue weighted by Gasteiger charge is -2.33. The van der Waals surface area contributed by atoms with Gasteiger partial charge in [0.25, 0.3) is 5.91 Å². The van der Waals surface area contributed by atoms with Gasteiger partial charge in [0.2, 0.25) is 5.89 Å². The number of nitrogens with zero attached hydrogens (tertiary/aromatic N) is 5. The molecule has 4 rings (SSSR count). The summed E-state index contributed by atoms with van der Waals surface area (Å²) in [4.78, 5) is 16.5. The molecule has 2 aromatic heterocycles. The summed E-state index contributed by atoms with van der Waals surface area (Å²) in [6, 6.07) is 6.97. The maximum Gasteiger partial charge on any atom is 0.318 e. The van der Waals surface area contributed by atoms with E-state index in [0.717, 1.165) is 5.56 Å². The molecule has 1 fully saturated rings. The zero-order valence-corrected chi connectivity index (χ0v) is 15.8. The van der Waals surface area contributed by atoms with Crippen LogP contribution in [0.5, 0.6) is 0 Å². The van der Waals surface area contributed by atoms with Crippen LogP contribution in [0.1, 0.15) is 28.9 Å². The zero-order chi connectivity index (χ0) is 19.7. The third-order valence-corrected chi connectivity index (χ3v) is 4.86. The fourth-order valence-electron chi connectivity index (χ4n) is 3.17. The molecule has 0 bridgehead atoms. The Morgan fingerprint density at radius 1 is 1.21 bits per heavy atom. The summed E-state index contributed by atoms with van der Waals surface area (Å²) in [5.41, 5.74) is 2.33. The average Bonchev–Trinajstić information content (AvgIpc) is 3.39. The summed E-state index contributed by atoms with van der Waals surface area (Å²) in [5.74, 6) is 0.229. The number of H-pyrrole nitrogens is 1. The molecule has 1 N–H and O–H groups in total. The zero-order valence-electron chi connectivity index (χ0n) is 15.8. The molecule has 3 aromatic rings. The first-order chi connectivity index (χ1) is 13.5. The van der Waals surface area contributed by atoms with Gasteiger partial charge >= 0.3 is 6.01 Å². The van der Waals surface area contributed by atoms with Crippen molar-refractivity contribution in [2.24, 2.45) is 0 Å². The minimum atomic E-state index is -0.263. The number of carbonyl (C=O) groups is 1. The second-order valence-corrected chi connectivity index (χ2v) is 6.74. The number of nitrogens with one attached hydrogen (secondary N) is 1. The Hall–Kier alpha value is -3.23. The SMILES string of the molecule is CCc1nnc(N2CCN(C(=O)c3cc(-c4ccc(F)c(C)c4)n[nH]3)CC2)o1. The lowest BCUT2D eigenvalue weighted by molar-refractivity contribution is 0.0739. The van der Waals surface area contributed by atoms with E-state index < -0.39 is 0 Å². The highest BCUT2D eigenvalue weighted by Crippen LogP contribution is 2.22. The Morgan fingerprint density at radius 3 is 2.68 bits per heavy atom. The molecule has 0 atom stereocenters. The number of aromatic amines is 1. The molecule has 0 saturated carbocycles. The molecule has 146 valence electrons. The first kappa shape index (κ1) is 18.1. The monoisotopic (exact) mass is 384 g/mol. The van der Waals surface area contributed by atoms with Crippen LogP contribution in [-0.4, -0.2) is 57.4 Å². The molecule has 0 radical (unpaired) electrons. The van der Waals surface area contributed by atoms with Gasteiger partial charge < -0.3 is 14.2 Å².